The van der Waals surface area contributed by atoms with E-state index in [0.717, 1.165) is 5.56 Å². The third kappa shape index (κ3) is 5.45. The Bertz CT molecular complexity index is 1230. The Morgan fingerprint density at radius 2 is 1.97 bits per heavy atom. The summed E-state index contributed by atoms with van der Waals surface area (Å²) in [6.45, 7) is 0.0532. The molecule has 0 bridgehead atoms. The summed E-state index contributed by atoms with van der Waals surface area (Å²) in [6, 6.07) is 11.2. The smallest absolute Gasteiger partial charge is 0.240 e. The monoisotopic (exact) mass is 458 g/mol. The van der Waals surface area contributed by atoms with Gasteiger partial charge < -0.3 is 14.3 Å². The predicted octanol–water partition coefficient (Wildman–Crippen LogP) is 3.44. The van der Waals surface area contributed by atoms with Crippen molar-refractivity contribution in [3.05, 3.63) is 71.1 Å². The second-order valence-electron chi connectivity index (χ2n) is 6.50. The van der Waals surface area contributed by atoms with Gasteiger partial charge in [-0.25, -0.2) is 13.1 Å². The van der Waals surface area contributed by atoms with Crippen molar-refractivity contribution in [1.82, 2.24) is 14.9 Å². The van der Waals surface area contributed by atoms with Crippen molar-refractivity contribution in [3.63, 3.8) is 0 Å². The van der Waals surface area contributed by atoms with Gasteiger partial charge in [0.2, 0.25) is 27.6 Å². The van der Waals surface area contributed by atoms with E-state index < -0.39 is 10.0 Å². The number of anilines is 1. The van der Waals surface area contributed by atoms with Crippen molar-refractivity contribution in [1.29, 1.82) is 0 Å². The number of nitrogens with one attached hydrogen (secondary N) is 2. The van der Waals surface area contributed by atoms with E-state index in [1.54, 1.807) is 12.1 Å². The lowest BCUT2D eigenvalue weighted by Gasteiger charge is -2.08. The van der Waals surface area contributed by atoms with E-state index in [9.17, 15) is 13.2 Å². The molecule has 160 valence electrons. The lowest BCUT2D eigenvalue weighted by atomic mass is 10.2. The number of aromatic nitrogens is 2. The largest absolute Gasteiger partial charge is 0.468 e. The first-order chi connectivity index (χ1) is 15.0. The number of sulfonamides is 1. The number of benzene rings is 1. The lowest BCUT2D eigenvalue weighted by Crippen LogP contribution is -2.23. The molecular formula is C20H18N4O5S2. The minimum atomic E-state index is -3.69. The molecular weight excluding hydrogens is 440 g/mol. The van der Waals surface area contributed by atoms with E-state index >= 15 is 0 Å². The summed E-state index contributed by atoms with van der Waals surface area (Å²) >= 11 is 1.54. The first-order valence-electron chi connectivity index (χ1n) is 9.27. The third-order valence-electron chi connectivity index (χ3n) is 4.28. The van der Waals surface area contributed by atoms with Crippen LogP contribution < -0.4 is 10.0 Å². The minimum absolute atomic E-state index is 0.0532. The third-order valence-corrected chi connectivity index (χ3v) is 6.38. The van der Waals surface area contributed by atoms with Gasteiger partial charge in [0.15, 0.2) is 0 Å². The number of aryl methyl sites for hydroxylation is 1. The molecule has 3 aromatic heterocycles. The van der Waals surface area contributed by atoms with Gasteiger partial charge in [-0.05, 0) is 47.8 Å². The van der Waals surface area contributed by atoms with E-state index in [2.05, 4.69) is 20.2 Å². The first-order valence-corrected chi connectivity index (χ1v) is 11.7. The van der Waals surface area contributed by atoms with Crippen LogP contribution in [0.2, 0.25) is 0 Å². The summed E-state index contributed by atoms with van der Waals surface area (Å²) in [6.07, 6.45) is 1.92. The van der Waals surface area contributed by atoms with Gasteiger partial charge in [0.25, 0.3) is 0 Å². The molecule has 31 heavy (non-hydrogen) atoms. The van der Waals surface area contributed by atoms with Gasteiger partial charge >= 0.3 is 0 Å². The average molecular weight is 459 g/mol. The molecule has 0 spiro atoms. The molecule has 0 aliphatic heterocycles. The van der Waals surface area contributed by atoms with Crippen molar-refractivity contribution in [2.24, 2.45) is 0 Å². The first kappa shape index (κ1) is 21.0. The molecule has 0 aliphatic rings. The van der Waals surface area contributed by atoms with Crippen LogP contribution in [0.3, 0.4) is 0 Å². The van der Waals surface area contributed by atoms with E-state index in [0.29, 0.717) is 29.6 Å². The van der Waals surface area contributed by atoms with Gasteiger partial charge in [-0.3, -0.25) is 4.79 Å². The van der Waals surface area contributed by atoms with Crippen molar-refractivity contribution in [2.45, 2.75) is 24.3 Å². The van der Waals surface area contributed by atoms with Crippen LogP contribution in [0.4, 0.5) is 5.69 Å². The fourth-order valence-corrected chi connectivity index (χ4v) is 4.32. The van der Waals surface area contributed by atoms with Crippen LogP contribution in [-0.4, -0.2) is 24.5 Å². The summed E-state index contributed by atoms with van der Waals surface area (Å²) in [5.74, 6) is 1.13. The van der Waals surface area contributed by atoms with Crippen molar-refractivity contribution < 1.29 is 22.2 Å². The number of nitrogens with zero attached hydrogens (tertiary/aromatic N) is 2. The second kappa shape index (κ2) is 9.25. The molecule has 1 aromatic carbocycles. The maximum atomic E-state index is 12.3. The molecule has 9 nitrogen and oxygen atoms in total. The highest BCUT2D eigenvalue weighted by Crippen LogP contribution is 2.19. The number of hydrogen-bond acceptors (Lipinski definition) is 8. The Morgan fingerprint density at radius 3 is 2.68 bits per heavy atom. The summed E-state index contributed by atoms with van der Waals surface area (Å²) in [7, 11) is -3.69. The molecule has 0 aliphatic carbocycles. The number of hydrogen-bond donors (Lipinski definition) is 2. The summed E-state index contributed by atoms with van der Waals surface area (Å²) < 4.78 is 37.4. The molecule has 11 heteroatoms. The summed E-state index contributed by atoms with van der Waals surface area (Å²) in [4.78, 5) is 16.6. The van der Waals surface area contributed by atoms with Crippen LogP contribution in [0.25, 0.3) is 11.4 Å². The molecule has 3 heterocycles. The Hall–Kier alpha value is -3.28. The Balaban J connectivity index is 1.28. The molecule has 1 amide bonds. The van der Waals surface area contributed by atoms with Crippen LogP contribution in [-0.2, 0) is 27.8 Å². The van der Waals surface area contributed by atoms with Crippen molar-refractivity contribution in [3.8, 4) is 11.4 Å². The molecule has 0 saturated carbocycles. The highest BCUT2D eigenvalue weighted by atomic mass is 32.2. The highest BCUT2D eigenvalue weighted by molar-refractivity contribution is 7.89. The molecule has 2 N–H and O–H groups in total. The quantitative estimate of drug-likeness (QED) is 0.393. The van der Waals surface area contributed by atoms with Gasteiger partial charge in [0.1, 0.15) is 5.76 Å². The maximum Gasteiger partial charge on any atom is 0.240 e. The second-order valence-corrected chi connectivity index (χ2v) is 9.05. The van der Waals surface area contributed by atoms with E-state index in [4.69, 9.17) is 8.94 Å². The standard InChI is InChI=1S/C20H18N4O5S2/c25-18(7-8-19-23-20(24-29-19)14-9-11-30-13-14)22-15-3-5-17(6-4-15)31(26,27)21-12-16-2-1-10-28-16/h1-6,9-11,13,21H,7-8,12H2,(H,22,25). The van der Waals surface area contributed by atoms with Gasteiger partial charge in [0, 0.05) is 29.5 Å². The van der Waals surface area contributed by atoms with Gasteiger partial charge in [-0.2, -0.15) is 16.3 Å². The fraction of sp³-hybridized carbons (Fsp3) is 0.150. The number of carbonyl (C=O) groups excluding carboxylic acids is 1. The zero-order valence-corrected chi connectivity index (χ0v) is 17.8. The number of furan rings is 1. The van der Waals surface area contributed by atoms with Crippen LogP contribution in [0.5, 0.6) is 0 Å². The molecule has 0 atom stereocenters. The van der Waals surface area contributed by atoms with E-state index in [-0.39, 0.29) is 23.8 Å². The van der Waals surface area contributed by atoms with Crippen LogP contribution in [0.1, 0.15) is 18.1 Å². The number of amides is 1. The van der Waals surface area contributed by atoms with Gasteiger partial charge in [-0.15, -0.1) is 0 Å². The number of carbonyl (C=O) groups is 1. The lowest BCUT2D eigenvalue weighted by molar-refractivity contribution is -0.116. The van der Waals surface area contributed by atoms with Crippen LogP contribution >= 0.6 is 11.3 Å². The highest BCUT2D eigenvalue weighted by Gasteiger charge is 2.15. The molecule has 0 saturated heterocycles. The molecule has 0 fully saturated rings. The molecule has 4 aromatic rings. The summed E-state index contributed by atoms with van der Waals surface area (Å²) in [5.41, 5.74) is 1.36. The fourth-order valence-electron chi connectivity index (χ4n) is 2.69. The van der Waals surface area contributed by atoms with Crippen LogP contribution in [0, 0.1) is 0 Å². The van der Waals surface area contributed by atoms with Gasteiger partial charge in [-0.1, -0.05) is 5.16 Å². The summed E-state index contributed by atoms with van der Waals surface area (Å²) in [5, 5.41) is 10.5. The Kier molecular flexibility index (Phi) is 6.26. The van der Waals surface area contributed by atoms with E-state index in [1.165, 1.54) is 41.9 Å². The number of thiophene rings is 1. The SMILES string of the molecule is O=C(CCc1nc(-c2ccsc2)no1)Nc1ccc(S(=O)(=O)NCc2ccco2)cc1. The van der Waals surface area contributed by atoms with E-state index in [1.807, 2.05) is 16.8 Å². The molecule has 0 unspecified atom stereocenters. The topological polar surface area (TPSA) is 127 Å². The molecule has 0 radical (unpaired) electrons. The zero-order valence-electron chi connectivity index (χ0n) is 16.1. The Morgan fingerprint density at radius 1 is 1.13 bits per heavy atom. The van der Waals surface area contributed by atoms with Gasteiger partial charge in [0.05, 0.1) is 17.7 Å². The zero-order chi connectivity index (χ0) is 21.7. The molecule has 4 rings (SSSR count). The average Bonchev–Trinajstić information content (AvgIpc) is 3.54. The van der Waals surface area contributed by atoms with Crippen molar-refractivity contribution >= 4 is 33.0 Å². The predicted molar refractivity (Wildman–Crippen MR) is 114 cm³/mol. The van der Waals surface area contributed by atoms with Crippen LogP contribution in [0.15, 0.2) is 73.3 Å². The van der Waals surface area contributed by atoms with Crippen molar-refractivity contribution in [2.75, 3.05) is 5.32 Å². The maximum absolute atomic E-state index is 12.3. The number of rotatable bonds is 9. The minimum Gasteiger partial charge on any atom is -0.468 e. The normalized spacial score (nSPS) is 11.5. The Labute approximate surface area is 182 Å².